The van der Waals surface area contributed by atoms with Crippen molar-refractivity contribution in [2.45, 2.75) is 6.42 Å². The van der Waals surface area contributed by atoms with Gasteiger partial charge in [-0.3, -0.25) is 0 Å². The van der Waals surface area contributed by atoms with E-state index in [1.165, 1.54) is 17.9 Å². The molecular weight excluding hydrogens is 110 g/mol. The Labute approximate surface area is 56.7 Å². The Hall–Kier alpha value is -0.560. The normalized spacial score (nSPS) is 17.0. The van der Waals surface area contributed by atoms with Gasteiger partial charge in [0.1, 0.15) is 0 Å². The first-order chi connectivity index (χ1) is 4.29. The van der Waals surface area contributed by atoms with Crippen molar-refractivity contribution >= 4 is 0 Å². The number of quaternary nitrogens is 1. The summed E-state index contributed by atoms with van der Waals surface area (Å²) in [5.41, 5.74) is 1.55. The summed E-state index contributed by atoms with van der Waals surface area (Å²) in [7, 11) is 4.36. The van der Waals surface area contributed by atoms with E-state index < -0.39 is 0 Å². The topological polar surface area (TPSA) is 4.44 Å². The number of nitrogens with one attached hydrogen (secondary N) is 1. The summed E-state index contributed by atoms with van der Waals surface area (Å²) in [6.07, 6.45) is 7.73. The smallest absolute Gasteiger partial charge is 0.0989 e. The maximum atomic E-state index is 2.22. The molecule has 0 aromatic carbocycles. The van der Waals surface area contributed by atoms with Gasteiger partial charge in [-0.25, -0.2) is 0 Å². The second-order valence-electron chi connectivity index (χ2n) is 2.84. The zero-order valence-electron chi connectivity index (χ0n) is 6.15. The Morgan fingerprint density at radius 3 is 2.78 bits per heavy atom. The van der Waals surface area contributed by atoms with Crippen LogP contribution in [0.25, 0.3) is 0 Å². The molecule has 50 valence electrons. The first kappa shape index (κ1) is 6.56. The number of rotatable bonds is 2. The summed E-state index contributed by atoms with van der Waals surface area (Å²) in [5.74, 6) is 0. The van der Waals surface area contributed by atoms with Crippen LogP contribution in [0.15, 0.2) is 23.8 Å². The van der Waals surface area contributed by atoms with Crippen molar-refractivity contribution in [3.8, 4) is 0 Å². The van der Waals surface area contributed by atoms with Crippen LogP contribution in [0.1, 0.15) is 6.42 Å². The maximum absolute atomic E-state index is 2.22. The molecule has 1 rings (SSSR count). The molecule has 0 spiro atoms. The van der Waals surface area contributed by atoms with Gasteiger partial charge in [-0.1, -0.05) is 18.2 Å². The van der Waals surface area contributed by atoms with Gasteiger partial charge in [-0.2, -0.15) is 0 Å². The highest BCUT2D eigenvalue weighted by molar-refractivity contribution is 5.22. The average Bonchev–Trinajstić information content (AvgIpc) is 2.15. The zero-order chi connectivity index (χ0) is 6.69. The molecule has 0 aliphatic heterocycles. The number of allylic oxidation sites excluding steroid dienone is 3. The maximum Gasteiger partial charge on any atom is 0.0989 e. The van der Waals surface area contributed by atoms with Crippen LogP contribution in [0.4, 0.5) is 0 Å². The summed E-state index contributed by atoms with van der Waals surface area (Å²) in [6, 6.07) is 0. The second-order valence-corrected chi connectivity index (χ2v) is 2.84. The molecule has 1 nitrogen and oxygen atoms in total. The highest BCUT2D eigenvalue weighted by atomic mass is 15.0. The van der Waals surface area contributed by atoms with Crippen molar-refractivity contribution in [3.05, 3.63) is 23.8 Å². The van der Waals surface area contributed by atoms with E-state index in [-0.39, 0.29) is 0 Å². The summed E-state index contributed by atoms with van der Waals surface area (Å²) >= 11 is 0. The highest BCUT2D eigenvalue weighted by Crippen LogP contribution is 2.06. The molecule has 1 N–H and O–H groups in total. The van der Waals surface area contributed by atoms with Crippen LogP contribution in [0.2, 0.25) is 0 Å². The van der Waals surface area contributed by atoms with Crippen molar-refractivity contribution in [1.29, 1.82) is 0 Å². The molecule has 0 heterocycles. The molecule has 0 radical (unpaired) electrons. The lowest BCUT2D eigenvalue weighted by atomic mass is 10.2. The minimum absolute atomic E-state index is 1.17. The molecule has 1 aliphatic rings. The third-order valence-electron chi connectivity index (χ3n) is 1.43. The molecule has 0 fully saturated rings. The lowest BCUT2D eigenvalue weighted by Crippen LogP contribution is -3.05. The van der Waals surface area contributed by atoms with Crippen LogP contribution in [0.5, 0.6) is 0 Å². The van der Waals surface area contributed by atoms with E-state index in [1.807, 2.05) is 0 Å². The highest BCUT2D eigenvalue weighted by Gasteiger charge is 2.01. The van der Waals surface area contributed by atoms with Crippen molar-refractivity contribution in [2.24, 2.45) is 0 Å². The van der Waals surface area contributed by atoms with E-state index in [1.54, 1.807) is 5.57 Å². The predicted molar refractivity (Wildman–Crippen MR) is 39.5 cm³/mol. The van der Waals surface area contributed by atoms with Gasteiger partial charge in [-0.15, -0.1) is 0 Å². The Kier molecular flexibility index (Phi) is 2.06. The molecular formula is C8H14N+. The minimum Gasteiger partial charge on any atom is -0.336 e. The fraction of sp³-hybridized carbons (Fsp3) is 0.500. The van der Waals surface area contributed by atoms with Crippen LogP contribution < -0.4 is 4.90 Å². The van der Waals surface area contributed by atoms with Gasteiger partial charge in [0, 0.05) is 0 Å². The van der Waals surface area contributed by atoms with Crippen LogP contribution in [-0.4, -0.2) is 20.6 Å². The Bertz CT molecular complexity index is 143. The Morgan fingerprint density at radius 2 is 2.33 bits per heavy atom. The minimum atomic E-state index is 1.17. The van der Waals surface area contributed by atoms with Crippen molar-refractivity contribution in [3.63, 3.8) is 0 Å². The Balaban J connectivity index is 2.30. The van der Waals surface area contributed by atoms with Crippen molar-refractivity contribution < 1.29 is 4.90 Å². The lowest BCUT2D eigenvalue weighted by molar-refractivity contribution is -0.853. The number of likely N-dealkylation sites (N-methyl/N-ethyl adjacent to an activating group) is 1. The first-order valence-corrected chi connectivity index (χ1v) is 3.42. The molecule has 0 saturated heterocycles. The van der Waals surface area contributed by atoms with E-state index in [0.29, 0.717) is 0 Å². The average molecular weight is 124 g/mol. The van der Waals surface area contributed by atoms with E-state index in [9.17, 15) is 0 Å². The molecule has 0 aromatic rings. The van der Waals surface area contributed by atoms with Crippen LogP contribution in [0, 0.1) is 0 Å². The lowest BCUT2D eigenvalue weighted by Gasteiger charge is -2.06. The molecule has 0 unspecified atom stereocenters. The van der Waals surface area contributed by atoms with Crippen LogP contribution in [0.3, 0.4) is 0 Å². The first-order valence-electron chi connectivity index (χ1n) is 3.42. The molecule has 0 bridgehead atoms. The molecule has 9 heavy (non-hydrogen) atoms. The van der Waals surface area contributed by atoms with Crippen molar-refractivity contribution in [1.82, 2.24) is 0 Å². The monoisotopic (exact) mass is 124 g/mol. The molecule has 1 heteroatoms. The second kappa shape index (κ2) is 2.83. The summed E-state index contributed by atoms with van der Waals surface area (Å²) in [6.45, 7) is 1.19. The van der Waals surface area contributed by atoms with E-state index in [0.717, 1.165) is 0 Å². The SMILES string of the molecule is C[NH+](C)CC1=CC=CC1. The standard InChI is InChI=1S/C8H13N/c1-9(2)7-8-5-3-4-6-8/h3-5H,6-7H2,1-2H3/p+1. The third kappa shape index (κ3) is 2.02. The van der Waals surface area contributed by atoms with Gasteiger partial charge < -0.3 is 4.90 Å². The summed E-state index contributed by atoms with van der Waals surface area (Å²) in [5, 5.41) is 0. The van der Waals surface area contributed by atoms with Crippen LogP contribution in [-0.2, 0) is 0 Å². The molecule has 0 saturated carbocycles. The molecule has 1 aliphatic carbocycles. The van der Waals surface area contributed by atoms with E-state index in [4.69, 9.17) is 0 Å². The number of hydrogen-bond donors (Lipinski definition) is 1. The van der Waals surface area contributed by atoms with E-state index >= 15 is 0 Å². The van der Waals surface area contributed by atoms with Gasteiger partial charge in [0.15, 0.2) is 0 Å². The molecule has 0 aromatic heterocycles. The molecule has 0 atom stereocenters. The largest absolute Gasteiger partial charge is 0.336 e. The molecule has 0 amide bonds. The third-order valence-corrected chi connectivity index (χ3v) is 1.43. The van der Waals surface area contributed by atoms with Crippen LogP contribution >= 0.6 is 0 Å². The van der Waals surface area contributed by atoms with Gasteiger partial charge in [0.25, 0.3) is 0 Å². The fourth-order valence-electron chi connectivity index (χ4n) is 1.08. The zero-order valence-corrected chi connectivity index (χ0v) is 6.15. The fourth-order valence-corrected chi connectivity index (χ4v) is 1.08. The van der Waals surface area contributed by atoms with Gasteiger partial charge in [0.2, 0.25) is 0 Å². The van der Waals surface area contributed by atoms with E-state index in [2.05, 4.69) is 32.3 Å². The summed E-state index contributed by atoms with van der Waals surface area (Å²) in [4.78, 5) is 1.50. The van der Waals surface area contributed by atoms with Gasteiger partial charge in [0.05, 0.1) is 20.6 Å². The van der Waals surface area contributed by atoms with Gasteiger partial charge >= 0.3 is 0 Å². The predicted octanol–water partition coefficient (Wildman–Crippen LogP) is 0.0172. The number of hydrogen-bond acceptors (Lipinski definition) is 0. The van der Waals surface area contributed by atoms with Crippen molar-refractivity contribution in [2.75, 3.05) is 20.6 Å². The quantitative estimate of drug-likeness (QED) is 0.529. The summed E-state index contributed by atoms with van der Waals surface area (Å²) < 4.78 is 0. The Morgan fingerprint density at radius 1 is 1.56 bits per heavy atom. The van der Waals surface area contributed by atoms with Gasteiger partial charge in [-0.05, 0) is 12.0 Å².